The quantitative estimate of drug-likeness (QED) is 0.349. The van der Waals surface area contributed by atoms with Crippen LogP contribution in [0.25, 0.3) is 0 Å². The van der Waals surface area contributed by atoms with Gasteiger partial charge in [0.05, 0.1) is 5.00 Å². The van der Waals surface area contributed by atoms with Crippen LogP contribution in [-0.2, 0) is 0 Å². The fourth-order valence-electron chi connectivity index (χ4n) is 3.65. The molecule has 1 aliphatic heterocycles. The Kier molecular flexibility index (Phi) is 8.96. The zero-order valence-electron chi connectivity index (χ0n) is 16.3. The van der Waals surface area contributed by atoms with Gasteiger partial charge < -0.3 is 15.5 Å². The van der Waals surface area contributed by atoms with E-state index in [1.54, 1.807) is 0 Å². The minimum Gasteiger partial charge on any atom is -0.363 e. The Labute approximate surface area is 179 Å². The summed E-state index contributed by atoms with van der Waals surface area (Å²) in [5.74, 6) is 0.953. The molecule has 26 heavy (non-hydrogen) atoms. The zero-order chi connectivity index (χ0) is 17.6. The lowest BCUT2D eigenvalue weighted by Crippen LogP contribution is -2.50. The van der Waals surface area contributed by atoms with Gasteiger partial charge in [0, 0.05) is 51.4 Å². The zero-order valence-corrected chi connectivity index (χ0v) is 19.4. The molecule has 0 aromatic carbocycles. The van der Waals surface area contributed by atoms with Crippen LogP contribution in [0.4, 0.5) is 5.00 Å². The van der Waals surface area contributed by atoms with Gasteiger partial charge in [-0.05, 0) is 57.0 Å². The van der Waals surface area contributed by atoms with Crippen molar-refractivity contribution in [1.29, 1.82) is 0 Å². The fraction of sp³-hybridized carbons (Fsp3) is 0.737. The average molecular weight is 491 g/mol. The van der Waals surface area contributed by atoms with Crippen molar-refractivity contribution in [3.63, 3.8) is 0 Å². The lowest BCUT2D eigenvalue weighted by molar-refractivity contribution is 0.215. The van der Waals surface area contributed by atoms with Crippen LogP contribution >= 0.6 is 35.3 Å². The normalized spacial score (nSPS) is 19.0. The maximum atomic E-state index is 4.42. The van der Waals surface area contributed by atoms with Gasteiger partial charge in [0.1, 0.15) is 0 Å². The molecule has 1 aliphatic carbocycles. The van der Waals surface area contributed by atoms with E-state index >= 15 is 0 Å². The Balaban J connectivity index is 0.00000243. The van der Waals surface area contributed by atoms with E-state index in [-0.39, 0.29) is 24.0 Å². The van der Waals surface area contributed by atoms with Crippen molar-refractivity contribution in [1.82, 2.24) is 15.5 Å². The van der Waals surface area contributed by atoms with E-state index in [4.69, 9.17) is 0 Å². The molecular formula is C19H34IN5S. The lowest BCUT2D eigenvalue weighted by atomic mass is 10.1. The maximum Gasteiger partial charge on any atom is 0.191 e. The van der Waals surface area contributed by atoms with Crippen LogP contribution in [0.3, 0.4) is 0 Å². The van der Waals surface area contributed by atoms with Crippen molar-refractivity contribution in [3.8, 4) is 0 Å². The molecule has 1 saturated carbocycles. The number of nitrogens with one attached hydrogen (secondary N) is 2. The minimum absolute atomic E-state index is 0. The van der Waals surface area contributed by atoms with E-state index in [0.717, 1.165) is 38.2 Å². The third-order valence-corrected chi connectivity index (χ3v) is 6.15. The lowest BCUT2D eigenvalue weighted by Gasteiger charge is -2.33. The fourth-order valence-corrected chi connectivity index (χ4v) is 4.44. The largest absolute Gasteiger partial charge is 0.363 e. The first-order chi connectivity index (χ1) is 12.2. The standard InChI is InChI=1S/C19H33N5S.HI/c1-15(2)24(17-6-7-17)13-10-21-19(20-3)22-16-8-11-23(12-9-16)18-5-4-14-25-18;/h4-5,14-17H,6-13H2,1-3H3,(H2,20,21,22);1H. The second-order valence-corrected chi connectivity index (χ2v) is 8.34. The first-order valence-electron chi connectivity index (χ1n) is 9.68. The van der Waals surface area contributed by atoms with Crippen LogP contribution in [0.5, 0.6) is 0 Å². The summed E-state index contributed by atoms with van der Waals surface area (Å²) >= 11 is 1.84. The van der Waals surface area contributed by atoms with Gasteiger partial charge in [0.2, 0.25) is 0 Å². The highest BCUT2D eigenvalue weighted by atomic mass is 127. The smallest absolute Gasteiger partial charge is 0.191 e. The molecule has 7 heteroatoms. The number of halogens is 1. The highest BCUT2D eigenvalue weighted by molar-refractivity contribution is 14.0. The van der Waals surface area contributed by atoms with Gasteiger partial charge in [-0.1, -0.05) is 0 Å². The summed E-state index contributed by atoms with van der Waals surface area (Å²) in [4.78, 5) is 9.52. The van der Waals surface area contributed by atoms with Gasteiger partial charge in [0.25, 0.3) is 0 Å². The van der Waals surface area contributed by atoms with Crippen LogP contribution in [0.15, 0.2) is 22.5 Å². The highest BCUT2D eigenvalue weighted by Gasteiger charge is 2.30. The molecule has 0 unspecified atom stereocenters. The molecular weight excluding hydrogens is 457 g/mol. The Morgan fingerprint density at radius 3 is 2.58 bits per heavy atom. The van der Waals surface area contributed by atoms with Crippen LogP contribution in [0.1, 0.15) is 39.5 Å². The summed E-state index contributed by atoms with van der Waals surface area (Å²) in [5.41, 5.74) is 0. The molecule has 0 radical (unpaired) electrons. The first-order valence-corrected chi connectivity index (χ1v) is 10.6. The number of anilines is 1. The van der Waals surface area contributed by atoms with Crippen LogP contribution in [0.2, 0.25) is 0 Å². The van der Waals surface area contributed by atoms with Crippen molar-refractivity contribution < 1.29 is 0 Å². The molecule has 3 rings (SSSR count). The van der Waals surface area contributed by atoms with Gasteiger partial charge in [-0.3, -0.25) is 9.89 Å². The van der Waals surface area contributed by atoms with Gasteiger partial charge in [-0.15, -0.1) is 35.3 Å². The Morgan fingerprint density at radius 1 is 1.31 bits per heavy atom. The number of hydrogen-bond acceptors (Lipinski definition) is 4. The van der Waals surface area contributed by atoms with Crippen LogP contribution in [0, 0.1) is 0 Å². The summed E-state index contributed by atoms with van der Waals surface area (Å²) in [6.07, 6.45) is 5.07. The number of guanidine groups is 1. The molecule has 0 bridgehead atoms. The van der Waals surface area contributed by atoms with Crippen molar-refractivity contribution in [2.75, 3.05) is 38.1 Å². The van der Waals surface area contributed by atoms with Crippen molar-refractivity contribution in [2.24, 2.45) is 4.99 Å². The number of thiophene rings is 1. The molecule has 0 amide bonds. The minimum atomic E-state index is 0. The highest BCUT2D eigenvalue weighted by Crippen LogP contribution is 2.28. The molecule has 1 aromatic rings. The van der Waals surface area contributed by atoms with Crippen molar-refractivity contribution in [2.45, 2.75) is 57.7 Å². The third-order valence-electron chi connectivity index (χ3n) is 5.22. The van der Waals surface area contributed by atoms with Crippen LogP contribution < -0.4 is 15.5 Å². The van der Waals surface area contributed by atoms with Gasteiger partial charge in [0.15, 0.2) is 5.96 Å². The van der Waals surface area contributed by atoms with Gasteiger partial charge in [-0.2, -0.15) is 0 Å². The number of hydrogen-bond donors (Lipinski definition) is 2. The van der Waals surface area contributed by atoms with Gasteiger partial charge >= 0.3 is 0 Å². The van der Waals surface area contributed by atoms with E-state index in [0.29, 0.717) is 12.1 Å². The molecule has 0 spiro atoms. The monoisotopic (exact) mass is 491 g/mol. The average Bonchev–Trinajstić information content (AvgIpc) is 3.30. The summed E-state index contributed by atoms with van der Waals surface area (Å²) in [5, 5.41) is 10.7. The van der Waals surface area contributed by atoms with E-state index < -0.39 is 0 Å². The summed E-state index contributed by atoms with van der Waals surface area (Å²) in [7, 11) is 1.87. The molecule has 2 fully saturated rings. The van der Waals surface area contributed by atoms with Crippen LogP contribution in [-0.4, -0.2) is 62.2 Å². The van der Waals surface area contributed by atoms with E-state index in [1.165, 1.54) is 30.7 Å². The topological polar surface area (TPSA) is 42.9 Å². The number of rotatable bonds is 7. The Hall–Kier alpha value is -0.540. The number of aliphatic imine (C=N–C) groups is 1. The SMILES string of the molecule is CN=C(NCCN(C(C)C)C1CC1)NC1CCN(c2cccs2)CC1.I. The molecule has 2 N–H and O–H groups in total. The number of nitrogens with zero attached hydrogens (tertiary/aromatic N) is 3. The number of piperidine rings is 1. The predicted molar refractivity (Wildman–Crippen MR) is 124 cm³/mol. The summed E-state index contributed by atoms with van der Waals surface area (Å²) < 4.78 is 0. The second kappa shape index (κ2) is 10.7. The van der Waals surface area contributed by atoms with E-state index in [9.17, 15) is 0 Å². The molecule has 1 saturated heterocycles. The predicted octanol–water partition coefficient (Wildman–Crippen LogP) is 3.37. The molecule has 2 heterocycles. The summed E-state index contributed by atoms with van der Waals surface area (Å²) in [6.45, 7) is 8.90. The third kappa shape index (κ3) is 6.27. The van der Waals surface area contributed by atoms with Gasteiger partial charge in [-0.25, -0.2) is 0 Å². The van der Waals surface area contributed by atoms with E-state index in [2.05, 4.69) is 56.8 Å². The Morgan fingerprint density at radius 2 is 2.04 bits per heavy atom. The van der Waals surface area contributed by atoms with Crippen molar-refractivity contribution >= 4 is 46.3 Å². The molecule has 5 nitrogen and oxygen atoms in total. The first kappa shape index (κ1) is 21.8. The van der Waals surface area contributed by atoms with E-state index in [1.807, 2.05) is 18.4 Å². The van der Waals surface area contributed by atoms with Crippen molar-refractivity contribution in [3.05, 3.63) is 17.5 Å². The maximum absolute atomic E-state index is 4.42. The molecule has 0 atom stereocenters. The summed E-state index contributed by atoms with van der Waals surface area (Å²) in [6, 6.07) is 6.33. The molecule has 148 valence electrons. The Bertz CT molecular complexity index is 534. The molecule has 1 aromatic heterocycles. The molecule has 2 aliphatic rings. The second-order valence-electron chi connectivity index (χ2n) is 7.42.